The molecule has 5 heteroatoms. The smallest absolute Gasteiger partial charge is 0.255 e. The number of aryl methyl sites for hydroxylation is 1. The van der Waals surface area contributed by atoms with Crippen LogP contribution in [0.1, 0.15) is 28.0 Å². The average Bonchev–Trinajstić information content (AvgIpc) is 2.76. The van der Waals surface area contributed by atoms with Crippen LogP contribution in [-0.2, 0) is 6.42 Å². The number of rotatable bonds is 5. The summed E-state index contributed by atoms with van der Waals surface area (Å²) in [6, 6.07) is 20.8. The zero-order chi connectivity index (χ0) is 20.9. The van der Waals surface area contributed by atoms with Gasteiger partial charge in [-0.3, -0.25) is 9.78 Å². The molecule has 1 fully saturated rings. The van der Waals surface area contributed by atoms with E-state index in [1.54, 1.807) is 12.3 Å². The molecule has 0 radical (unpaired) electrons. The molecule has 0 saturated carbocycles. The number of hydrogen-bond donors (Lipinski definition) is 1. The first-order valence-electron chi connectivity index (χ1n) is 10.4. The van der Waals surface area contributed by atoms with Gasteiger partial charge in [0.25, 0.3) is 5.91 Å². The predicted molar refractivity (Wildman–Crippen MR) is 117 cm³/mol. The number of carbonyl (C=O) groups is 1. The van der Waals surface area contributed by atoms with E-state index in [9.17, 15) is 9.18 Å². The van der Waals surface area contributed by atoms with Crippen LogP contribution < -0.4 is 5.32 Å². The largest absolute Gasteiger partial charge is 0.382 e. The minimum atomic E-state index is -0.251. The Morgan fingerprint density at radius 2 is 1.97 bits per heavy atom. The molecule has 0 bridgehead atoms. The molecule has 1 saturated heterocycles. The summed E-state index contributed by atoms with van der Waals surface area (Å²) in [5.74, 6) is -0.0179. The fraction of sp³-hybridized carbons (Fsp3) is 0.280. The second-order valence-corrected chi connectivity index (χ2v) is 7.94. The van der Waals surface area contributed by atoms with E-state index in [1.807, 2.05) is 48.2 Å². The van der Waals surface area contributed by atoms with E-state index in [0.717, 1.165) is 24.2 Å². The summed E-state index contributed by atoms with van der Waals surface area (Å²) in [5, 5.41) is 3.51. The molecule has 1 aromatic heterocycles. The minimum Gasteiger partial charge on any atom is -0.382 e. The zero-order valence-corrected chi connectivity index (χ0v) is 17.1. The molecule has 1 aliphatic heterocycles. The third-order valence-corrected chi connectivity index (χ3v) is 5.70. The number of halogens is 1. The maximum atomic E-state index is 13.7. The monoisotopic (exact) mass is 403 g/mol. The topological polar surface area (TPSA) is 45.2 Å². The number of pyridine rings is 1. The van der Waals surface area contributed by atoms with E-state index in [-0.39, 0.29) is 23.7 Å². The van der Waals surface area contributed by atoms with Gasteiger partial charge in [0.05, 0.1) is 5.56 Å². The lowest BCUT2D eigenvalue weighted by molar-refractivity contribution is 0.0660. The van der Waals surface area contributed by atoms with Gasteiger partial charge in [0.15, 0.2) is 0 Å². The van der Waals surface area contributed by atoms with Gasteiger partial charge in [-0.1, -0.05) is 36.4 Å². The Kier molecular flexibility index (Phi) is 6.07. The fourth-order valence-electron chi connectivity index (χ4n) is 4.10. The van der Waals surface area contributed by atoms with Crippen molar-refractivity contribution >= 4 is 11.6 Å². The molecule has 0 unspecified atom stereocenters. The summed E-state index contributed by atoms with van der Waals surface area (Å²) in [4.78, 5) is 19.2. The first-order valence-corrected chi connectivity index (χ1v) is 10.4. The Morgan fingerprint density at radius 1 is 1.13 bits per heavy atom. The van der Waals surface area contributed by atoms with Gasteiger partial charge in [0, 0.05) is 42.6 Å². The molecular formula is C25H26FN3O. The van der Waals surface area contributed by atoms with Gasteiger partial charge in [0.2, 0.25) is 0 Å². The van der Waals surface area contributed by atoms with Crippen molar-refractivity contribution in [3.05, 3.63) is 95.6 Å². The number of benzene rings is 2. The van der Waals surface area contributed by atoms with Crippen molar-refractivity contribution < 1.29 is 9.18 Å². The van der Waals surface area contributed by atoms with Crippen molar-refractivity contribution in [2.45, 2.75) is 25.8 Å². The third-order valence-electron chi connectivity index (χ3n) is 5.70. The Labute approximate surface area is 176 Å². The molecule has 3 aromatic rings. The summed E-state index contributed by atoms with van der Waals surface area (Å²) in [6.45, 7) is 3.22. The highest BCUT2D eigenvalue weighted by Gasteiger charge is 2.32. The highest BCUT2D eigenvalue weighted by atomic mass is 19.1. The van der Waals surface area contributed by atoms with Gasteiger partial charge in [-0.25, -0.2) is 4.39 Å². The average molecular weight is 404 g/mol. The number of anilines is 1. The molecule has 4 nitrogen and oxygen atoms in total. The maximum absolute atomic E-state index is 13.7. The van der Waals surface area contributed by atoms with E-state index >= 15 is 0 Å². The first-order chi connectivity index (χ1) is 14.6. The number of hydrogen-bond acceptors (Lipinski definition) is 3. The van der Waals surface area contributed by atoms with Crippen molar-refractivity contribution in [1.29, 1.82) is 0 Å². The van der Waals surface area contributed by atoms with Gasteiger partial charge >= 0.3 is 0 Å². The number of nitrogens with one attached hydrogen (secondary N) is 1. The number of likely N-dealkylation sites (tertiary alicyclic amines) is 1. The van der Waals surface area contributed by atoms with Crippen molar-refractivity contribution in [3.8, 4) is 0 Å². The fourth-order valence-corrected chi connectivity index (χ4v) is 4.10. The molecule has 2 heterocycles. The molecule has 1 amide bonds. The molecule has 0 spiro atoms. The summed E-state index contributed by atoms with van der Waals surface area (Å²) in [6.07, 6.45) is 3.31. The second-order valence-electron chi connectivity index (χ2n) is 7.94. The number of nitrogens with zero attached hydrogens (tertiary/aromatic N) is 2. The van der Waals surface area contributed by atoms with Crippen LogP contribution >= 0.6 is 0 Å². The van der Waals surface area contributed by atoms with Gasteiger partial charge in [-0.05, 0) is 55.7 Å². The Bertz CT molecular complexity index is 991. The molecule has 1 aliphatic rings. The van der Waals surface area contributed by atoms with Gasteiger partial charge in [-0.2, -0.15) is 0 Å². The number of piperidine rings is 1. The molecule has 0 aliphatic carbocycles. The van der Waals surface area contributed by atoms with Crippen LogP contribution in [0, 0.1) is 18.7 Å². The summed E-state index contributed by atoms with van der Waals surface area (Å²) < 4.78 is 13.7. The molecule has 2 aromatic carbocycles. The van der Waals surface area contributed by atoms with E-state index in [0.29, 0.717) is 18.7 Å². The molecular weight excluding hydrogens is 377 g/mol. The van der Waals surface area contributed by atoms with Crippen LogP contribution in [0.5, 0.6) is 0 Å². The lowest BCUT2D eigenvalue weighted by atomic mass is 9.86. The summed E-state index contributed by atoms with van der Waals surface area (Å²) in [7, 11) is 0. The van der Waals surface area contributed by atoms with E-state index in [4.69, 9.17) is 0 Å². The van der Waals surface area contributed by atoms with Gasteiger partial charge < -0.3 is 10.2 Å². The lowest BCUT2D eigenvalue weighted by Crippen LogP contribution is -2.49. The van der Waals surface area contributed by atoms with E-state index < -0.39 is 0 Å². The van der Waals surface area contributed by atoms with Crippen molar-refractivity contribution in [2.24, 2.45) is 5.92 Å². The van der Waals surface area contributed by atoms with Crippen molar-refractivity contribution in [3.63, 3.8) is 0 Å². The number of aromatic nitrogens is 1. The normalized spacial score (nSPS) is 18.8. The zero-order valence-electron chi connectivity index (χ0n) is 17.1. The first kappa shape index (κ1) is 20.1. The molecule has 30 heavy (non-hydrogen) atoms. The van der Waals surface area contributed by atoms with Crippen molar-refractivity contribution in [2.75, 3.05) is 18.4 Å². The second kappa shape index (κ2) is 9.08. The maximum Gasteiger partial charge on any atom is 0.255 e. The van der Waals surface area contributed by atoms with E-state index in [2.05, 4.69) is 22.4 Å². The van der Waals surface area contributed by atoms with Crippen LogP contribution in [0.3, 0.4) is 0 Å². The van der Waals surface area contributed by atoms with Crippen LogP contribution in [0.2, 0.25) is 0 Å². The quantitative estimate of drug-likeness (QED) is 0.671. The summed E-state index contributed by atoms with van der Waals surface area (Å²) >= 11 is 0. The molecule has 154 valence electrons. The van der Waals surface area contributed by atoms with Crippen LogP contribution in [0.4, 0.5) is 10.1 Å². The number of amides is 1. The third kappa shape index (κ3) is 4.85. The van der Waals surface area contributed by atoms with Gasteiger partial charge in [-0.15, -0.1) is 0 Å². The molecule has 4 rings (SSSR count). The van der Waals surface area contributed by atoms with Crippen LogP contribution in [0.25, 0.3) is 0 Å². The van der Waals surface area contributed by atoms with Gasteiger partial charge in [0.1, 0.15) is 5.82 Å². The Morgan fingerprint density at radius 3 is 2.70 bits per heavy atom. The Hall–Kier alpha value is -3.21. The molecule has 1 N–H and O–H groups in total. The van der Waals surface area contributed by atoms with Crippen molar-refractivity contribution in [1.82, 2.24) is 9.88 Å². The highest BCUT2D eigenvalue weighted by molar-refractivity contribution is 5.94. The van der Waals surface area contributed by atoms with Crippen LogP contribution in [0.15, 0.2) is 72.9 Å². The van der Waals surface area contributed by atoms with E-state index in [1.165, 1.54) is 17.7 Å². The number of carbonyl (C=O) groups excluding carboxylic acids is 1. The predicted octanol–water partition coefficient (Wildman–Crippen LogP) is 4.71. The Balaban J connectivity index is 1.53. The highest BCUT2D eigenvalue weighted by Crippen LogP contribution is 2.26. The molecule has 2 atom stereocenters. The summed E-state index contributed by atoms with van der Waals surface area (Å²) in [5.41, 5.74) is 3.53. The SMILES string of the molecule is Cc1ccc(C(=O)N2CC[C@@H](Nc3cccc(F)c3)[C@@H](Cc3ccccc3)C2)cn1. The standard InChI is InChI=1S/C25H26FN3O/c1-18-10-11-20(16-27-18)25(30)29-13-12-24(28-23-9-5-8-22(26)15-23)21(17-29)14-19-6-3-2-4-7-19/h2-11,15-16,21,24,28H,12-14,17H2,1H3/t21-,24+/m0/s1. The minimum absolute atomic E-state index is 0.0183. The van der Waals surface area contributed by atoms with Crippen LogP contribution in [-0.4, -0.2) is 34.9 Å². The lowest BCUT2D eigenvalue weighted by Gasteiger charge is -2.39.